The first-order valence-electron chi connectivity index (χ1n) is 7.95. The zero-order chi connectivity index (χ0) is 16.8. The van der Waals surface area contributed by atoms with Gasteiger partial charge in [0.05, 0.1) is 7.11 Å². The van der Waals surface area contributed by atoms with Crippen molar-refractivity contribution in [2.24, 2.45) is 5.73 Å². The van der Waals surface area contributed by atoms with Gasteiger partial charge in [-0.2, -0.15) is 0 Å². The van der Waals surface area contributed by atoms with Gasteiger partial charge in [-0.3, -0.25) is 0 Å². The van der Waals surface area contributed by atoms with Crippen LogP contribution in [0.3, 0.4) is 0 Å². The van der Waals surface area contributed by atoms with E-state index in [1.54, 1.807) is 7.11 Å². The molecule has 3 heteroatoms. The van der Waals surface area contributed by atoms with E-state index in [1.165, 1.54) is 0 Å². The Bertz CT molecular complexity index is 800. The number of benzene rings is 3. The van der Waals surface area contributed by atoms with Gasteiger partial charge in [-0.15, -0.1) is 0 Å². The Morgan fingerprint density at radius 2 is 1.58 bits per heavy atom. The molecular formula is C21H21NO2. The maximum Gasteiger partial charge on any atom is 0.127 e. The Balaban J connectivity index is 1.89. The first kappa shape index (κ1) is 16.1. The lowest BCUT2D eigenvalue weighted by atomic mass is 10.0. The van der Waals surface area contributed by atoms with Crippen molar-refractivity contribution in [3.63, 3.8) is 0 Å². The van der Waals surface area contributed by atoms with Crippen molar-refractivity contribution >= 4 is 0 Å². The summed E-state index contributed by atoms with van der Waals surface area (Å²) >= 11 is 0. The van der Waals surface area contributed by atoms with Crippen LogP contribution in [0, 0.1) is 0 Å². The lowest BCUT2D eigenvalue weighted by Crippen LogP contribution is -2.01. The third-order valence-corrected chi connectivity index (χ3v) is 3.94. The van der Waals surface area contributed by atoms with Crippen LogP contribution in [0.2, 0.25) is 0 Å². The number of para-hydroxylation sites is 1. The molecular weight excluding hydrogens is 298 g/mol. The fourth-order valence-electron chi connectivity index (χ4n) is 2.67. The molecule has 3 aromatic rings. The molecule has 3 aromatic carbocycles. The van der Waals surface area contributed by atoms with E-state index in [1.807, 2.05) is 48.5 Å². The molecule has 3 nitrogen and oxygen atoms in total. The first-order valence-corrected chi connectivity index (χ1v) is 7.95. The molecule has 0 fully saturated rings. The maximum atomic E-state index is 6.05. The summed E-state index contributed by atoms with van der Waals surface area (Å²) < 4.78 is 11.4. The molecule has 0 saturated carbocycles. The molecule has 0 aliphatic rings. The highest BCUT2D eigenvalue weighted by Gasteiger charge is 2.09. The highest BCUT2D eigenvalue weighted by molar-refractivity contribution is 5.71. The Morgan fingerprint density at radius 3 is 2.33 bits per heavy atom. The molecule has 2 N–H and O–H groups in total. The van der Waals surface area contributed by atoms with Crippen molar-refractivity contribution in [1.82, 2.24) is 0 Å². The van der Waals surface area contributed by atoms with E-state index < -0.39 is 0 Å². The number of rotatable bonds is 6. The number of hydrogen-bond acceptors (Lipinski definition) is 3. The van der Waals surface area contributed by atoms with Gasteiger partial charge in [0, 0.05) is 17.7 Å². The van der Waals surface area contributed by atoms with Crippen LogP contribution in [0.1, 0.15) is 11.1 Å². The fraction of sp³-hybridized carbons (Fsp3) is 0.143. The van der Waals surface area contributed by atoms with Gasteiger partial charge >= 0.3 is 0 Å². The fourth-order valence-corrected chi connectivity index (χ4v) is 2.67. The lowest BCUT2D eigenvalue weighted by molar-refractivity contribution is 0.307. The summed E-state index contributed by atoms with van der Waals surface area (Å²) in [4.78, 5) is 0. The van der Waals surface area contributed by atoms with E-state index in [0.717, 1.165) is 33.8 Å². The summed E-state index contributed by atoms with van der Waals surface area (Å²) in [5, 5.41) is 0. The molecule has 0 aliphatic carbocycles. The summed E-state index contributed by atoms with van der Waals surface area (Å²) in [5.74, 6) is 1.67. The molecule has 122 valence electrons. The minimum Gasteiger partial charge on any atom is -0.496 e. The highest BCUT2D eigenvalue weighted by Crippen LogP contribution is 2.33. The molecule has 0 saturated heterocycles. The Labute approximate surface area is 142 Å². The van der Waals surface area contributed by atoms with E-state index in [-0.39, 0.29) is 0 Å². The molecule has 0 heterocycles. The van der Waals surface area contributed by atoms with Gasteiger partial charge in [0.2, 0.25) is 0 Å². The van der Waals surface area contributed by atoms with Gasteiger partial charge in [-0.25, -0.2) is 0 Å². The van der Waals surface area contributed by atoms with Crippen LogP contribution in [0.25, 0.3) is 11.1 Å². The normalized spacial score (nSPS) is 10.4. The van der Waals surface area contributed by atoms with Gasteiger partial charge in [-0.05, 0) is 29.3 Å². The van der Waals surface area contributed by atoms with E-state index in [2.05, 4.69) is 24.3 Å². The van der Waals surface area contributed by atoms with Crippen LogP contribution >= 0.6 is 0 Å². The van der Waals surface area contributed by atoms with E-state index in [4.69, 9.17) is 15.2 Å². The smallest absolute Gasteiger partial charge is 0.127 e. The Hall–Kier alpha value is -2.78. The Kier molecular flexibility index (Phi) is 5.14. The first-order chi connectivity index (χ1) is 11.8. The second-order valence-corrected chi connectivity index (χ2v) is 5.50. The predicted molar refractivity (Wildman–Crippen MR) is 97.1 cm³/mol. The van der Waals surface area contributed by atoms with E-state index in [0.29, 0.717) is 13.2 Å². The zero-order valence-corrected chi connectivity index (χ0v) is 13.7. The third kappa shape index (κ3) is 3.58. The lowest BCUT2D eigenvalue weighted by Gasteiger charge is -2.14. The minimum absolute atomic E-state index is 0.435. The number of hydrogen-bond donors (Lipinski definition) is 1. The summed E-state index contributed by atoms with van der Waals surface area (Å²) in [6, 6.07) is 24.2. The van der Waals surface area contributed by atoms with E-state index >= 15 is 0 Å². The summed E-state index contributed by atoms with van der Waals surface area (Å²) in [5.41, 5.74) is 10.1. The molecule has 3 rings (SSSR count). The van der Waals surface area contributed by atoms with Gasteiger partial charge in [0.25, 0.3) is 0 Å². The van der Waals surface area contributed by atoms with Crippen LogP contribution in [0.4, 0.5) is 0 Å². The summed E-state index contributed by atoms with van der Waals surface area (Å²) in [7, 11) is 1.66. The van der Waals surface area contributed by atoms with Crippen molar-refractivity contribution in [3.8, 4) is 22.6 Å². The average Bonchev–Trinajstić information content (AvgIpc) is 2.67. The number of ether oxygens (including phenoxy) is 2. The van der Waals surface area contributed by atoms with Crippen molar-refractivity contribution in [2.75, 3.05) is 7.11 Å². The molecule has 24 heavy (non-hydrogen) atoms. The van der Waals surface area contributed by atoms with Gasteiger partial charge in [-0.1, -0.05) is 54.6 Å². The third-order valence-electron chi connectivity index (χ3n) is 3.94. The van der Waals surface area contributed by atoms with Crippen LogP contribution < -0.4 is 15.2 Å². The van der Waals surface area contributed by atoms with Crippen molar-refractivity contribution in [3.05, 3.63) is 83.9 Å². The van der Waals surface area contributed by atoms with Crippen molar-refractivity contribution in [2.45, 2.75) is 13.2 Å². The SMILES string of the molecule is COc1ccc(-c2ccccc2OCc2ccccc2)cc1CN. The molecule has 0 spiro atoms. The molecule has 0 amide bonds. The molecule has 0 aliphatic heterocycles. The zero-order valence-electron chi connectivity index (χ0n) is 13.7. The maximum absolute atomic E-state index is 6.05. The highest BCUT2D eigenvalue weighted by atomic mass is 16.5. The van der Waals surface area contributed by atoms with Crippen LogP contribution in [0.15, 0.2) is 72.8 Å². The van der Waals surface area contributed by atoms with Crippen LogP contribution in [-0.2, 0) is 13.2 Å². The average molecular weight is 319 g/mol. The molecule has 0 unspecified atom stereocenters. The van der Waals surface area contributed by atoms with Crippen LogP contribution in [0.5, 0.6) is 11.5 Å². The second-order valence-electron chi connectivity index (χ2n) is 5.50. The van der Waals surface area contributed by atoms with Crippen molar-refractivity contribution < 1.29 is 9.47 Å². The van der Waals surface area contributed by atoms with E-state index in [9.17, 15) is 0 Å². The topological polar surface area (TPSA) is 44.5 Å². The number of nitrogens with two attached hydrogens (primary N) is 1. The molecule has 0 radical (unpaired) electrons. The standard InChI is InChI=1S/C21H21NO2/c1-23-20-12-11-17(13-18(20)14-22)19-9-5-6-10-21(19)24-15-16-7-3-2-4-8-16/h2-13H,14-15,22H2,1H3. The molecule has 0 atom stereocenters. The minimum atomic E-state index is 0.435. The number of methoxy groups -OCH3 is 1. The van der Waals surface area contributed by atoms with Gasteiger partial charge < -0.3 is 15.2 Å². The monoisotopic (exact) mass is 319 g/mol. The summed E-state index contributed by atoms with van der Waals surface area (Å²) in [6.07, 6.45) is 0. The Morgan fingerprint density at radius 1 is 0.833 bits per heavy atom. The molecule has 0 aromatic heterocycles. The van der Waals surface area contributed by atoms with Crippen molar-refractivity contribution in [1.29, 1.82) is 0 Å². The molecule has 0 bridgehead atoms. The second kappa shape index (κ2) is 7.66. The predicted octanol–water partition coefficient (Wildman–Crippen LogP) is 4.40. The quantitative estimate of drug-likeness (QED) is 0.732. The van der Waals surface area contributed by atoms with Gasteiger partial charge in [0.1, 0.15) is 18.1 Å². The van der Waals surface area contributed by atoms with Gasteiger partial charge in [0.15, 0.2) is 0 Å². The largest absolute Gasteiger partial charge is 0.496 e. The summed E-state index contributed by atoms with van der Waals surface area (Å²) in [6.45, 7) is 0.974. The van der Waals surface area contributed by atoms with Crippen LogP contribution in [-0.4, -0.2) is 7.11 Å².